The van der Waals surface area contributed by atoms with Crippen molar-refractivity contribution in [1.29, 1.82) is 0 Å². The highest BCUT2D eigenvalue weighted by atomic mass is 19.1. The second-order valence-corrected chi connectivity index (χ2v) is 5.68. The number of allylic oxidation sites excluding steroid dienone is 1. The number of hydrogen-bond donors (Lipinski definition) is 1. The molecule has 23 heavy (non-hydrogen) atoms. The fraction of sp³-hybridized carbons (Fsp3) is 0.444. The number of halogens is 1. The van der Waals surface area contributed by atoms with Gasteiger partial charge in [-0.1, -0.05) is 23.8 Å². The molecular formula is C18H22FNO3. The summed E-state index contributed by atoms with van der Waals surface area (Å²) >= 11 is 0. The molecule has 0 spiro atoms. The summed E-state index contributed by atoms with van der Waals surface area (Å²) in [6.45, 7) is 2.00. The number of rotatable bonds is 6. The fourth-order valence-electron chi connectivity index (χ4n) is 2.53. The molecule has 1 amide bonds. The second kappa shape index (κ2) is 8.46. The van der Waals surface area contributed by atoms with Gasteiger partial charge in [-0.25, -0.2) is 9.18 Å². The van der Waals surface area contributed by atoms with E-state index < -0.39 is 17.9 Å². The van der Waals surface area contributed by atoms with Crippen molar-refractivity contribution in [1.82, 2.24) is 5.32 Å². The van der Waals surface area contributed by atoms with Gasteiger partial charge in [-0.2, -0.15) is 0 Å². The third kappa shape index (κ3) is 5.20. The molecule has 0 heterocycles. The van der Waals surface area contributed by atoms with Crippen molar-refractivity contribution in [3.8, 4) is 0 Å². The summed E-state index contributed by atoms with van der Waals surface area (Å²) < 4.78 is 18.5. The average molecular weight is 319 g/mol. The smallest absolute Gasteiger partial charge is 0.341 e. The maximum absolute atomic E-state index is 13.5. The molecule has 0 aliphatic heterocycles. The van der Waals surface area contributed by atoms with Gasteiger partial charge in [0.2, 0.25) is 0 Å². The van der Waals surface area contributed by atoms with E-state index in [0.29, 0.717) is 6.54 Å². The van der Waals surface area contributed by atoms with Gasteiger partial charge in [0, 0.05) is 6.54 Å². The number of hydrogen-bond acceptors (Lipinski definition) is 3. The molecule has 0 saturated carbocycles. The Morgan fingerprint density at radius 2 is 2.09 bits per heavy atom. The maximum atomic E-state index is 13.5. The summed E-state index contributed by atoms with van der Waals surface area (Å²) in [4.78, 5) is 23.8. The molecule has 0 bridgehead atoms. The normalized spacial score (nSPS) is 15.5. The largest absolute Gasteiger partial charge is 0.449 e. The molecule has 1 aromatic carbocycles. The maximum Gasteiger partial charge on any atom is 0.341 e. The first-order chi connectivity index (χ1) is 11.1. The molecule has 2 rings (SSSR count). The third-order valence-electron chi connectivity index (χ3n) is 3.88. The number of amides is 1. The van der Waals surface area contributed by atoms with Crippen LogP contribution < -0.4 is 5.32 Å². The van der Waals surface area contributed by atoms with Gasteiger partial charge in [-0.3, -0.25) is 4.79 Å². The quantitative estimate of drug-likeness (QED) is 0.646. The molecule has 0 radical (unpaired) electrons. The molecule has 0 aromatic heterocycles. The predicted molar refractivity (Wildman–Crippen MR) is 85.5 cm³/mol. The minimum absolute atomic E-state index is 0.167. The number of nitrogens with one attached hydrogen (secondary N) is 1. The molecule has 0 saturated heterocycles. The Balaban J connectivity index is 1.77. The van der Waals surface area contributed by atoms with Gasteiger partial charge >= 0.3 is 5.97 Å². The molecule has 5 heteroatoms. The summed E-state index contributed by atoms with van der Waals surface area (Å²) in [5.41, 5.74) is 1.20. The van der Waals surface area contributed by atoms with E-state index in [-0.39, 0.29) is 11.5 Å². The molecule has 0 fully saturated rings. The number of carbonyl (C=O) groups excluding carboxylic acids is 2. The van der Waals surface area contributed by atoms with E-state index in [1.165, 1.54) is 43.5 Å². The molecule has 0 unspecified atom stereocenters. The molecule has 124 valence electrons. The van der Waals surface area contributed by atoms with Crippen molar-refractivity contribution in [2.24, 2.45) is 0 Å². The highest BCUT2D eigenvalue weighted by Gasteiger charge is 2.20. The first-order valence-corrected chi connectivity index (χ1v) is 7.99. The van der Waals surface area contributed by atoms with Crippen LogP contribution in [0.4, 0.5) is 4.39 Å². The van der Waals surface area contributed by atoms with Crippen LogP contribution >= 0.6 is 0 Å². The van der Waals surface area contributed by atoms with Crippen molar-refractivity contribution < 1.29 is 18.7 Å². The SMILES string of the molecule is C[C@H](OC(=O)c1ccccc1F)C(=O)NCCC1=CCCCC1. The highest BCUT2D eigenvalue weighted by Crippen LogP contribution is 2.19. The van der Waals surface area contributed by atoms with Gasteiger partial charge in [-0.05, 0) is 51.2 Å². The zero-order valence-electron chi connectivity index (χ0n) is 13.3. The van der Waals surface area contributed by atoms with E-state index in [1.54, 1.807) is 6.07 Å². The van der Waals surface area contributed by atoms with Crippen molar-refractivity contribution in [3.05, 3.63) is 47.3 Å². The highest BCUT2D eigenvalue weighted by molar-refractivity contribution is 5.92. The Bertz CT molecular complexity index is 598. The summed E-state index contributed by atoms with van der Waals surface area (Å²) in [6, 6.07) is 5.54. The van der Waals surface area contributed by atoms with Gasteiger partial charge in [-0.15, -0.1) is 0 Å². The lowest BCUT2D eigenvalue weighted by Gasteiger charge is -2.15. The van der Waals surface area contributed by atoms with Crippen LogP contribution in [0, 0.1) is 5.82 Å². The van der Waals surface area contributed by atoms with Crippen molar-refractivity contribution in [3.63, 3.8) is 0 Å². The monoisotopic (exact) mass is 319 g/mol. The zero-order valence-corrected chi connectivity index (χ0v) is 13.3. The van der Waals surface area contributed by atoms with Crippen molar-refractivity contribution in [2.45, 2.75) is 45.1 Å². The fourth-order valence-corrected chi connectivity index (χ4v) is 2.53. The lowest BCUT2D eigenvalue weighted by atomic mass is 9.97. The molecule has 1 N–H and O–H groups in total. The van der Waals surface area contributed by atoms with Crippen LogP contribution in [0.5, 0.6) is 0 Å². The first-order valence-electron chi connectivity index (χ1n) is 7.99. The molecule has 1 aromatic rings. The zero-order chi connectivity index (χ0) is 16.7. The van der Waals surface area contributed by atoms with E-state index in [0.717, 1.165) is 19.3 Å². The number of benzene rings is 1. The van der Waals surface area contributed by atoms with Crippen LogP contribution in [-0.4, -0.2) is 24.5 Å². The average Bonchev–Trinajstić information content (AvgIpc) is 2.56. The third-order valence-corrected chi connectivity index (χ3v) is 3.88. The van der Waals surface area contributed by atoms with E-state index in [9.17, 15) is 14.0 Å². The minimum Gasteiger partial charge on any atom is -0.449 e. The Kier molecular flexibility index (Phi) is 6.32. The Hall–Kier alpha value is -2.17. The van der Waals surface area contributed by atoms with Gasteiger partial charge in [0.1, 0.15) is 5.82 Å². The number of carbonyl (C=O) groups is 2. The molecule has 1 aliphatic rings. The molecule has 4 nitrogen and oxygen atoms in total. The van der Waals surface area contributed by atoms with Crippen LogP contribution in [0.1, 0.15) is 49.4 Å². The predicted octanol–water partition coefficient (Wildman–Crippen LogP) is 3.38. The topological polar surface area (TPSA) is 55.4 Å². The van der Waals surface area contributed by atoms with Gasteiger partial charge in [0.15, 0.2) is 6.10 Å². The van der Waals surface area contributed by atoms with Gasteiger partial charge < -0.3 is 10.1 Å². The lowest BCUT2D eigenvalue weighted by Crippen LogP contribution is -2.36. The van der Waals surface area contributed by atoms with Crippen LogP contribution in [0.2, 0.25) is 0 Å². The summed E-state index contributed by atoms with van der Waals surface area (Å²) in [6.07, 6.45) is 6.74. The first kappa shape index (κ1) is 17.2. The molecular weight excluding hydrogens is 297 g/mol. The van der Waals surface area contributed by atoms with E-state index >= 15 is 0 Å². The van der Waals surface area contributed by atoms with Gasteiger partial charge in [0.05, 0.1) is 5.56 Å². The van der Waals surface area contributed by atoms with E-state index in [4.69, 9.17) is 4.74 Å². The van der Waals surface area contributed by atoms with Gasteiger partial charge in [0.25, 0.3) is 5.91 Å². The summed E-state index contributed by atoms with van der Waals surface area (Å²) in [7, 11) is 0. The Labute approximate surface area is 135 Å². The number of ether oxygens (including phenoxy) is 1. The second-order valence-electron chi connectivity index (χ2n) is 5.68. The Morgan fingerprint density at radius 1 is 1.30 bits per heavy atom. The van der Waals surface area contributed by atoms with Crippen LogP contribution in [0.25, 0.3) is 0 Å². The summed E-state index contributed by atoms with van der Waals surface area (Å²) in [5.74, 6) is -1.86. The standard InChI is InChI=1S/C18H22FNO3/c1-13(23-18(22)15-9-5-6-10-16(15)19)17(21)20-12-11-14-7-3-2-4-8-14/h5-7,9-10,13H,2-4,8,11-12H2,1H3,(H,20,21)/t13-/m0/s1. The minimum atomic E-state index is -0.956. The number of esters is 1. The molecule has 1 aliphatic carbocycles. The summed E-state index contributed by atoms with van der Waals surface area (Å²) in [5, 5.41) is 2.75. The van der Waals surface area contributed by atoms with E-state index in [1.807, 2.05) is 0 Å². The molecule has 1 atom stereocenters. The van der Waals surface area contributed by atoms with E-state index in [2.05, 4.69) is 11.4 Å². The lowest BCUT2D eigenvalue weighted by molar-refractivity contribution is -0.129. The van der Waals surface area contributed by atoms with Crippen LogP contribution in [0.15, 0.2) is 35.9 Å². The van der Waals surface area contributed by atoms with Crippen molar-refractivity contribution in [2.75, 3.05) is 6.54 Å². The van der Waals surface area contributed by atoms with Crippen molar-refractivity contribution >= 4 is 11.9 Å². The van der Waals surface area contributed by atoms with Crippen LogP contribution in [-0.2, 0) is 9.53 Å². The van der Waals surface area contributed by atoms with Crippen LogP contribution in [0.3, 0.4) is 0 Å². The Morgan fingerprint density at radius 3 is 2.78 bits per heavy atom.